The lowest BCUT2D eigenvalue weighted by atomic mass is 10.1. The number of hydrogen-bond acceptors (Lipinski definition) is 5. The number of para-hydroxylation sites is 1. The van der Waals surface area contributed by atoms with Gasteiger partial charge in [-0.2, -0.15) is 0 Å². The van der Waals surface area contributed by atoms with Gasteiger partial charge in [-0.3, -0.25) is 4.79 Å². The number of methoxy groups -OCH3 is 2. The SMILES string of the molecule is COc1cc(NC(=O)Nc2c(C)cccc2Cl)c(C(=O)NC(C(=O)O)c2ccccc2)cc1OC. The van der Waals surface area contributed by atoms with E-state index in [1.54, 1.807) is 55.5 Å². The van der Waals surface area contributed by atoms with E-state index in [0.29, 0.717) is 16.3 Å². The Kier molecular flexibility index (Phi) is 8.17. The van der Waals surface area contributed by atoms with Crippen molar-refractivity contribution in [2.45, 2.75) is 13.0 Å². The van der Waals surface area contributed by atoms with Gasteiger partial charge in [-0.05, 0) is 30.2 Å². The van der Waals surface area contributed by atoms with Gasteiger partial charge in [-0.15, -0.1) is 0 Å². The van der Waals surface area contributed by atoms with Gasteiger partial charge in [0.25, 0.3) is 5.91 Å². The summed E-state index contributed by atoms with van der Waals surface area (Å²) >= 11 is 6.19. The van der Waals surface area contributed by atoms with Gasteiger partial charge in [0.2, 0.25) is 0 Å². The number of nitrogens with one attached hydrogen (secondary N) is 3. The molecule has 182 valence electrons. The fourth-order valence-corrected chi connectivity index (χ4v) is 3.64. The third kappa shape index (κ3) is 6.01. The maximum atomic E-state index is 13.2. The van der Waals surface area contributed by atoms with Crippen LogP contribution in [0.1, 0.15) is 27.5 Å². The zero-order chi connectivity index (χ0) is 25.5. The molecular formula is C25H24ClN3O6. The smallest absolute Gasteiger partial charge is 0.330 e. The number of hydrogen-bond donors (Lipinski definition) is 4. The molecule has 1 unspecified atom stereocenters. The molecule has 0 aliphatic carbocycles. The van der Waals surface area contributed by atoms with Crippen molar-refractivity contribution >= 4 is 40.9 Å². The number of carboxylic acids is 1. The number of aliphatic carboxylic acids is 1. The van der Waals surface area contributed by atoms with Gasteiger partial charge < -0.3 is 30.5 Å². The van der Waals surface area contributed by atoms with Gasteiger partial charge in [0.1, 0.15) is 0 Å². The number of aryl methyl sites for hydroxylation is 1. The van der Waals surface area contributed by atoms with Crippen LogP contribution in [0.25, 0.3) is 0 Å². The molecule has 0 aliphatic heterocycles. The molecular weight excluding hydrogens is 474 g/mol. The molecule has 0 fully saturated rings. The number of amides is 3. The predicted molar refractivity (Wildman–Crippen MR) is 133 cm³/mol. The Balaban J connectivity index is 1.95. The number of urea groups is 1. The highest BCUT2D eigenvalue weighted by molar-refractivity contribution is 6.34. The highest BCUT2D eigenvalue weighted by Gasteiger charge is 2.26. The summed E-state index contributed by atoms with van der Waals surface area (Å²) in [6.45, 7) is 1.78. The molecule has 0 saturated carbocycles. The minimum Gasteiger partial charge on any atom is -0.493 e. The molecule has 0 aliphatic rings. The number of rotatable bonds is 8. The van der Waals surface area contributed by atoms with Gasteiger partial charge in [-0.25, -0.2) is 9.59 Å². The van der Waals surface area contributed by atoms with E-state index in [1.807, 2.05) is 0 Å². The number of ether oxygens (including phenoxy) is 2. The van der Waals surface area contributed by atoms with Crippen LogP contribution in [0.5, 0.6) is 11.5 Å². The van der Waals surface area contributed by atoms with Crippen molar-refractivity contribution in [3.05, 3.63) is 82.4 Å². The summed E-state index contributed by atoms with van der Waals surface area (Å²) in [4.78, 5) is 37.9. The monoisotopic (exact) mass is 497 g/mol. The van der Waals surface area contributed by atoms with Crippen LogP contribution in [0.2, 0.25) is 5.02 Å². The van der Waals surface area contributed by atoms with Crippen molar-refractivity contribution in [1.29, 1.82) is 0 Å². The van der Waals surface area contributed by atoms with Crippen molar-refractivity contribution in [2.75, 3.05) is 24.9 Å². The Bertz CT molecular complexity index is 1230. The molecule has 0 radical (unpaired) electrons. The van der Waals surface area contributed by atoms with E-state index in [9.17, 15) is 19.5 Å². The van der Waals surface area contributed by atoms with Gasteiger partial charge in [0.15, 0.2) is 17.5 Å². The molecule has 10 heteroatoms. The van der Waals surface area contributed by atoms with Crippen molar-refractivity contribution < 1.29 is 29.0 Å². The summed E-state index contributed by atoms with van der Waals surface area (Å²) in [5.41, 5.74) is 1.57. The first-order chi connectivity index (χ1) is 16.7. The second-order valence-electron chi connectivity index (χ2n) is 7.42. The quantitative estimate of drug-likeness (QED) is 0.352. The van der Waals surface area contributed by atoms with Crippen LogP contribution in [0, 0.1) is 6.92 Å². The number of anilines is 2. The van der Waals surface area contributed by atoms with Crippen molar-refractivity contribution in [3.8, 4) is 11.5 Å². The van der Waals surface area contributed by atoms with E-state index in [2.05, 4.69) is 16.0 Å². The highest BCUT2D eigenvalue weighted by Crippen LogP contribution is 2.34. The third-order valence-corrected chi connectivity index (χ3v) is 5.45. The first-order valence-electron chi connectivity index (χ1n) is 10.4. The average Bonchev–Trinajstić information content (AvgIpc) is 2.84. The molecule has 0 bridgehead atoms. The summed E-state index contributed by atoms with van der Waals surface area (Å²) in [6.07, 6.45) is 0. The number of carbonyl (C=O) groups excluding carboxylic acids is 2. The summed E-state index contributed by atoms with van der Waals surface area (Å²) in [7, 11) is 2.80. The molecule has 35 heavy (non-hydrogen) atoms. The van der Waals surface area contributed by atoms with Crippen molar-refractivity contribution in [2.24, 2.45) is 0 Å². The molecule has 0 spiro atoms. The molecule has 3 amide bonds. The molecule has 4 N–H and O–H groups in total. The van der Waals surface area contributed by atoms with Crippen LogP contribution in [0.4, 0.5) is 16.2 Å². The summed E-state index contributed by atoms with van der Waals surface area (Å²) in [6, 6.07) is 14.2. The largest absolute Gasteiger partial charge is 0.493 e. The van der Waals surface area contributed by atoms with E-state index in [0.717, 1.165) is 5.56 Å². The zero-order valence-corrected chi connectivity index (χ0v) is 20.0. The van der Waals surface area contributed by atoms with Gasteiger partial charge in [0.05, 0.1) is 36.2 Å². The normalized spacial score (nSPS) is 11.2. The zero-order valence-electron chi connectivity index (χ0n) is 19.2. The number of carbonyl (C=O) groups is 3. The number of carboxylic acid groups (broad SMARTS) is 1. The van der Waals surface area contributed by atoms with E-state index in [4.69, 9.17) is 21.1 Å². The lowest BCUT2D eigenvalue weighted by molar-refractivity contribution is -0.139. The van der Waals surface area contributed by atoms with Crippen LogP contribution < -0.4 is 25.4 Å². The first kappa shape index (κ1) is 25.4. The Hall–Kier alpha value is -4.24. The lowest BCUT2D eigenvalue weighted by Gasteiger charge is -2.19. The summed E-state index contributed by atoms with van der Waals surface area (Å²) < 4.78 is 10.6. The molecule has 3 aromatic rings. The van der Waals surface area contributed by atoms with Crippen molar-refractivity contribution in [3.63, 3.8) is 0 Å². The topological polar surface area (TPSA) is 126 Å². The maximum absolute atomic E-state index is 13.2. The van der Waals surface area contributed by atoms with Gasteiger partial charge >= 0.3 is 12.0 Å². The first-order valence-corrected chi connectivity index (χ1v) is 10.8. The minimum atomic E-state index is -1.32. The Morgan fingerprint density at radius 2 is 1.57 bits per heavy atom. The summed E-state index contributed by atoms with van der Waals surface area (Å²) in [5.74, 6) is -1.51. The Morgan fingerprint density at radius 3 is 2.17 bits per heavy atom. The average molecular weight is 498 g/mol. The van der Waals surface area contributed by atoms with E-state index >= 15 is 0 Å². The minimum absolute atomic E-state index is 0.0316. The predicted octanol–water partition coefficient (Wildman–Crippen LogP) is 4.87. The molecule has 0 heterocycles. The fraction of sp³-hybridized carbons (Fsp3) is 0.160. The Labute approximate surface area is 207 Å². The highest BCUT2D eigenvalue weighted by atomic mass is 35.5. The summed E-state index contributed by atoms with van der Waals surface area (Å²) in [5, 5.41) is 17.8. The van der Waals surface area contributed by atoms with Crippen LogP contribution in [-0.2, 0) is 4.79 Å². The Morgan fingerprint density at radius 1 is 0.914 bits per heavy atom. The molecule has 9 nitrogen and oxygen atoms in total. The standard InChI is InChI=1S/C25H24ClN3O6/c1-14-8-7-11-17(26)21(14)29-25(33)27-18-13-20(35-3)19(34-2)12-16(18)23(30)28-22(24(31)32)15-9-5-4-6-10-15/h4-13,22H,1-3H3,(H,28,30)(H,31,32)(H2,27,29,33). The van der Waals surface area contributed by atoms with E-state index in [-0.39, 0.29) is 22.7 Å². The third-order valence-electron chi connectivity index (χ3n) is 5.13. The molecule has 1 atom stereocenters. The molecule has 3 rings (SSSR count). The lowest BCUT2D eigenvalue weighted by Crippen LogP contribution is -2.34. The van der Waals surface area contributed by atoms with E-state index in [1.165, 1.54) is 26.4 Å². The molecule has 0 saturated heterocycles. The number of halogens is 1. The van der Waals surface area contributed by atoms with Gasteiger partial charge in [0, 0.05) is 6.07 Å². The number of benzene rings is 3. The van der Waals surface area contributed by atoms with Crippen LogP contribution >= 0.6 is 11.6 Å². The second-order valence-corrected chi connectivity index (χ2v) is 7.83. The fourth-order valence-electron chi connectivity index (χ4n) is 3.37. The van der Waals surface area contributed by atoms with Crippen LogP contribution in [0.15, 0.2) is 60.7 Å². The molecule has 3 aromatic carbocycles. The second kappa shape index (κ2) is 11.3. The van der Waals surface area contributed by atoms with Gasteiger partial charge in [-0.1, -0.05) is 54.1 Å². The molecule has 0 aromatic heterocycles. The maximum Gasteiger partial charge on any atom is 0.330 e. The van der Waals surface area contributed by atoms with Crippen LogP contribution in [-0.4, -0.2) is 37.2 Å². The van der Waals surface area contributed by atoms with Crippen LogP contribution in [0.3, 0.4) is 0 Å². The van der Waals surface area contributed by atoms with Crippen molar-refractivity contribution in [1.82, 2.24) is 5.32 Å². The van der Waals surface area contributed by atoms with E-state index < -0.39 is 23.9 Å².